The lowest BCUT2D eigenvalue weighted by molar-refractivity contribution is -0.143. The number of nitrogens with zero attached hydrogens (tertiary/aromatic N) is 2. The molecule has 1 amide bonds. The molecule has 0 bridgehead atoms. The molecule has 0 unspecified atom stereocenters. The summed E-state index contributed by atoms with van der Waals surface area (Å²) in [5.41, 5.74) is -3.14. The number of rotatable bonds is 5. The van der Waals surface area contributed by atoms with Crippen LogP contribution >= 0.6 is 11.8 Å². The van der Waals surface area contributed by atoms with Gasteiger partial charge in [-0.3, -0.25) is 9.59 Å². The van der Waals surface area contributed by atoms with Crippen LogP contribution in [0.3, 0.4) is 0 Å². The van der Waals surface area contributed by atoms with Crippen LogP contribution in [-0.4, -0.2) is 27.4 Å². The van der Waals surface area contributed by atoms with Crippen molar-refractivity contribution in [2.24, 2.45) is 0 Å². The second kappa shape index (κ2) is 8.62. The Kier molecular flexibility index (Phi) is 6.80. The summed E-state index contributed by atoms with van der Waals surface area (Å²) >= 11 is 0.822. The SMILES string of the molecule is CC(=O)c1c(C)nc(C)nc1SCC(=O)Nc1cc(C(F)(F)F)cc(C(F)(F)F)c1. The zero-order valence-corrected chi connectivity index (χ0v) is 16.6. The monoisotopic (exact) mass is 451 g/mol. The molecule has 0 fully saturated rings. The second-order valence-electron chi connectivity index (χ2n) is 6.22. The van der Waals surface area contributed by atoms with Crippen LogP contribution in [0.25, 0.3) is 0 Å². The van der Waals surface area contributed by atoms with Crippen molar-refractivity contribution < 1.29 is 35.9 Å². The molecule has 0 aliphatic rings. The van der Waals surface area contributed by atoms with E-state index in [1.165, 1.54) is 6.92 Å². The van der Waals surface area contributed by atoms with Crippen LogP contribution in [0.15, 0.2) is 23.2 Å². The van der Waals surface area contributed by atoms with Gasteiger partial charge in [-0.2, -0.15) is 26.3 Å². The van der Waals surface area contributed by atoms with Crippen molar-refractivity contribution in [1.82, 2.24) is 9.97 Å². The van der Waals surface area contributed by atoms with Crippen molar-refractivity contribution >= 4 is 29.1 Å². The molecule has 5 nitrogen and oxygen atoms in total. The number of hydrogen-bond donors (Lipinski definition) is 1. The van der Waals surface area contributed by atoms with E-state index < -0.39 is 40.8 Å². The highest BCUT2D eigenvalue weighted by Crippen LogP contribution is 2.37. The lowest BCUT2D eigenvalue weighted by atomic mass is 10.1. The smallest absolute Gasteiger partial charge is 0.325 e. The first-order valence-corrected chi connectivity index (χ1v) is 9.25. The minimum absolute atomic E-state index is 0.0318. The lowest BCUT2D eigenvalue weighted by Gasteiger charge is -2.15. The minimum atomic E-state index is -5.03. The van der Waals surface area contributed by atoms with Gasteiger partial charge in [0.25, 0.3) is 0 Å². The Bertz CT molecular complexity index is 957. The number of Topliss-reactive ketones (excluding diaryl/α,β-unsaturated/α-hetero) is 1. The number of nitrogens with one attached hydrogen (secondary N) is 1. The van der Waals surface area contributed by atoms with Crippen LogP contribution in [0, 0.1) is 13.8 Å². The minimum Gasteiger partial charge on any atom is -0.325 e. The third-order valence-electron chi connectivity index (χ3n) is 3.73. The number of carbonyl (C=O) groups is 2. The Balaban J connectivity index is 2.24. The van der Waals surface area contributed by atoms with E-state index in [0.29, 0.717) is 23.7 Å². The largest absolute Gasteiger partial charge is 0.416 e. The number of aryl methyl sites for hydroxylation is 2. The van der Waals surface area contributed by atoms with E-state index in [1.54, 1.807) is 13.8 Å². The summed E-state index contributed by atoms with van der Waals surface area (Å²) in [6.45, 7) is 4.44. The maximum atomic E-state index is 12.9. The van der Waals surface area contributed by atoms with Gasteiger partial charge in [-0.25, -0.2) is 9.97 Å². The zero-order chi connectivity index (χ0) is 22.9. The lowest BCUT2D eigenvalue weighted by Crippen LogP contribution is -2.17. The van der Waals surface area contributed by atoms with Crippen molar-refractivity contribution in [2.45, 2.75) is 38.1 Å². The van der Waals surface area contributed by atoms with Crippen LogP contribution < -0.4 is 5.32 Å². The average molecular weight is 451 g/mol. The van der Waals surface area contributed by atoms with Crippen molar-refractivity contribution in [3.05, 3.63) is 46.4 Å². The maximum absolute atomic E-state index is 12.9. The molecular weight excluding hydrogens is 436 g/mol. The highest BCUT2D eigenvalue weighted by atomic mass is 32.2. The van der Waals surface area contributed by atoms with E-state index in [1.807, 2.05) is 5.32 Å². The molecule has 0 aliphatic carbocycles. The number of thioether (sulfide) groups is 1. The Hall–Kier alpha value is -2.63. The summed E-state index contributed by atoms with van der Waals surface area (Å²) < 4.78 is 77.5. The molecule has 1 aromatic heterocycles. The van der Waals surface area contributed by atoms with E-state index in [4.69, 9.17) is 0 Å². The van der Waals surface area contributed by atoms with Crippen molar-refractivity contribution in [3.8, 4) is 0 Å². The number of benzene rings is 1. The van der Waals surface area contributed by atoms with Crippen LogP contribution in [0.4, 0.5) is 32.0 Å². The second-order valence-corrected chi connectivity index (χ2v) is 7.19. The van der Waals surface area contributed by atoms with Crippen LogP contribution in [0.5, 0.6) is 0 Å². The molecule has 30 heavy (non-hydrogen) atoms. The number of hydrogen-bond acceptors (Lipinski definition) is 5. The number of amides is 1. The maximum Gasteiger partial charge on any atom is 0.416 e. The standard InChI is InChI=1S/C18H15F6N3O2S/c1-8-15(9(2)28)16(26-10(3)25-8)30-7-14(29)27-13-5-11(17(19,20)21)4-12(6-13)18(22,23)24/h4-6H,7H2,1-3H3,(H,27,29). The first-order valence-electron chi connectivity index (χ1n) is 8.26. The number of alkyl halides is 6. The van der Waals surface area contributed by atoms with Gasteiger partial charge in [-0.15, -0.1) is 0 Å². The highest BCUT2D eigenvalue weighted by Gasteiger charge is 2.37. The number of anilines is 1. The molecule has 2 aromatic rings. The fraction of sp³-hybridized carbons (Fsp3) is 0.333. The molecule has 162 valence electrons. The predicted octanol–water partition coefficient (Wildman–Crippen LogP) is 5.06. The van der Waals surface area contributed by atoms with Gasteiger partial charge in [0.2, 0.25) is 5.91 Å². The summed E-state index contributed by atoms with van der Waals surface area (Å²) in [5.74, 6) is -1.26. The molecule has 0 radical (unpaired) electrons. The first kappa shape index (κ1) is 23.6. The predicted molar refractivity (Wildman–Crippen MR) is 97.3 cm³/mol. The molecule has 12 heteroatoms. The molecule has 1 N–H and O–H groups in total. The Morgan fingerprint density at radius 1 is 0.967 bits per heavy atom. The van der Waals surface area contributed by atoms with Gasteiger partial charge in [-0.05, 0) is 39.0 Å². The Morgan fingerprint density at radius 2 is 1.50 bits per heavy atom. The summed E-state index contributed by atoms with van der Waals surface area (Å²) in [4.78, 5) is 32.1. The molecule has 1 aromatic carbocycles. The van der Waals surface area contributed by atoms with Gasteiger partial charge in [0.05, 0.1) is 28.1 Å². The van der Waals surface area contributed by atoms with E-state index in [-0.39, 0.29) is 22.4 Å². The number of ketones is 1. The number of carbonyl (C=O) groups excluding carboxylic acids is 2. The third-order valence-corrected chi connectivity index (χ3v) is 4.71. The van der Waals surface area contributed by atoms with Crippen molar-refractivity contribution in [1.29, 1.82) is 0 Å². The molecular formula is C18H15F6N3O2S. The third kappa shape index (κ3) is 5.94. The molecule has 0 atom stereocenters. The average Bonchev–Trinajstić information content (AvgIpc) is 2.57. The summed E-state index contributed by atoms with van der Waals surface area (Å²) in [5, 5.41) is 2.22. The van der Waals surface area contributed by atoms with E-state index in [9.17, 15) is 35.9 Å². The summed E-state index contributed by atoms with van der Waals surface area (Å²) in [7, 11) is 0. The van der Waals surface area contributed by atoms with E-state index in [0.717, 1.165) is 11.8 Å². The van der Waals surface area contributed by atoms with Gasteiger partial charge in [0, 0.05) is 5.69 Å². The van der Waals surface area contributed by atoms with Gasteiger partial charge in [0.1, 0.15) is 10.9 Å². The van der Waals surface area contributed by atoms with Crippen LogP contribution in [0.1, 0.15) is 39.9 Å². The highest BCUT2D eigenvalue weighted by molar-refractivity contribution is 8.00. The molecule has 0 saturated heterocycles. The molecule has 2 rings (SSSR count). The fourth-order valence-electron chi connectivity index (χ4n) is 2.55. The van der Waals surface area contributed by atoms with Crippen LogP contribution in [-0.2, 0) is 17.1 Å². The fourth-order valence-corrected chi connectivity index (χ4v) is 3.52. The van der Waals surface area contributed by atoms with Crippen molar-refractivity contribution in [2.75, 3.05) is 11.1 Å². The Morgan fingerprint density at radius 3 is 1.97 bits per heavy atom. The van der Waals surface area contributed by atoms with Gasteiger partial charge in [0.15, 0.2) is 5.78 Å². The quantitative estimate of drug-likeness (QED) is 0.298. The molecule has 1 heterocycles. The first-order chi connectivity index (χ1) is 13.7. The van der Waals surface area contributed by atoms with E-state index in [2.05, 4.69) is 9.97 Å². The van der Waals surface area contributed by atoms with Crippen molar-refractivity contribution in [3.63, 3.8) is 0 Å². The van der Waals surface area contributed by atoms with E-state index >= 15 is 0 Å². The normalized spacial score (nSPS) is 12.0. The Labute approximate surface area is 171 Å². The van der Waals surface area contributed by atoms with Gasteiger partial charge < -0.3 is 5.32 Å². The summed E-state index contributed by atoms with van der Waals surface area (Å²) in [6, 6.07) is 0.797. The number of aromatic nitrogens is 2. The number of halogens is 6. The molecule has 0 saturated carbocycles. The molecule has 0 spiro atoms. The van der Waals surface area contributed by atoms with Crippen LogP contribution in [0.2, 0.25) is 0 Å². The topological polar surface area (TPSA) is 72.0 Å². The van der Waals surface area contributed by atoms with Gasteiger partial charge >= 0.3 is 12.4 Å². The van der Waals surface area contributed by atoms with Gasteiger partial charge in [-0.1, -0.05) is 11.8 Å². The summed E-state index contributed by atoms with van der Waals surface area (Å²) in [6.07, 6.45) is -10.1. The molecule has 0 aliphatic heterocycles. The zero-order valence-electron chi connectivity index (χ0n) is 15.8.